The molecule has 1 heterocycles. The average molecular weight is 212 g/mol. The first kappa shape index (κ1) is 10.2. The standard InChI is InChI=1S/C6H7F3N2OS/c1-4-10-11(5(12)13-4)3-2-6(7,8)9/h2-3H2,1H3. The summed E-state index contributed by atoms with van der Waals surface area (Å²) < 4.78 is 36.1. The minimum Gasteiger partial charge on any atom is -0.255 e. The Balaban J connectivity index is 2.65. The summed E-state index contributed by atoms with van der Waals surface area (Å²) in [5, 5.41) is 4.11. The molecule has 0 N–H and O–H groups in total. The largest absolute Gasteiger partial charge is 0.390 e. The van der Waals surface area contributed by atoms with Gasteiger partial charge in [-0.05, 0) is 6.92 Å². The third-order valence-electron chi connectivity index (χ3n) is 1.31. The fourth-order valence-electron chi connectivity index (χ4n) is 0.784. The first-order valence-corrected chi connectivity index (χ1v) is 4.31. The van der Waals surface area contributed by atoms with Crippen LogP contribution >= 0.6 is 11.3 Å². The monoisotopic (exact) mass is 212 g/mol. The van der Waals surface area contributed by atoms with Gasteiger partial charge in [-0.25, -0.2) is 4.68 Å². The van der Waals surface area contributed by atoms with Crippen LogP contribution < -0.4 is 4.87 Å². The molecule has 0 unspecified atom stereocenters. The summed E-state index contributed by atoms with van der Waals surface area (Å²) in [4.78, 5) is 10.5. The van der Waals surface area contributed by atoms with Crippen LogP contribution in [0.15, 0.2) is 4.79 Å². The van der Waals surface area contributed by atoms with E-state index >= 15 is 0 Å². The van der Waals surface area contributed by atoms with Gasteiger partial charge in [0, 0.05) is 0 Å². The molecule has 0 saturated carbocycles. The number of hydrogen-bond acceptors (Lipinski definition) is 3. The van der Waals surface area contributed by atoms with Crippen LogP contribution in [0.3, 0.4) is 0 Å². The van der Waals surface area contributed by atoms with Crippen LogP contribution in [-0.2, 0) is 6.54 Å². The lowest BCUT2D eigenvalue weighted by atomic mass is 10.4. The normalized spacial score (nSPS) is 12.0. The van der Waals surface area contributed by atoms with E-state index in [-0.39, 0.29) is 0 Å². The van der Waals surface area contributed by atoms with Crippen molar-refractivity contribution in [2.24, 2.45) is 0 Å². The highest BCUT2D eigenvalue weighted by Crippen LogP contribution is 2.19. The van der Waals surface area contributed by atoms with E-state index in [1.165, 1.54) is 0 Å². The maximum atomic E-state index is 11.7. The lowest BCUT2D eigenvalue weighted by molar-refractivity contribution is -0.137. The van der Waals surface area contributed by atoms with Crippen molar-refractivity contribution in [2.45, 2.75) is 26.1 Å². The molecule has 0 aromatic carbocycles. The van der Waals surface area contributed by atoms with Crippen LogP contribution in [0, 0.1) is 6.92 Å². The van der Waals surface area contributed by atoms with Gasteiger partial charge in [0.25, 0.3) is 0 Å². The first-order valence-electron chi connectivity index (χ1n) is 3.50. The predicted octanol–water partition coefficient (Wildman–Crippen LogP) is 1.57. The van der Waals surface area contributed by atoms with Crippen LogP contribution in [0.1, 0.15) is 11.4 Å². The zero-order chi connectivity index (χ0) is 10.1. The Morgan fingerprint density at radius 2 is 2.15 bits per heavy atom. The Labute approximate surface area is 75.8 Å². The first-order chi connectivity index (χ1) is 5.88. The van der Waals surface area contributed by atoms with Crippen LogP contribution in [0.4, 0.5) is 13.2 Å². The van der Waals surface area contributed by atoms with Gasteiger partial charge in [-0.2, -0.15) is 18.3 Å². The number of hydrogen-bond donors (Lipinski definition) is 0. The molecule has 74 valence electrons. The van der Waals surface area contributed by atoms with E-state index in [1.54, 1.807) is 6.92 Å². The molecule has 0 radical (unpaired) electrons. The van der Waals surface area contributed by atoms with Crippen molar-refractivity contribution in [1.82, 2.24) is 9.78 Å². The quantitative estimate of drug-likeness (QED) is 0.745. The SMILES string of the molecule is Cc1nn(CCC(F)(F)F)c(=O)s1. The van der Waals surface area contributed by atoms with Crippen molar-refractivity contribution >= 4 is 11.3 Å². The highest BCUT2D eigenvalue weighted by atomic mass is 32.1. The van der Waals surface area contributed by atoms with E-state index < -0.39 is 24.0 Å². The zero-order valence-corrected chi connectivity index (χ0v) is 7.58. The topological polar surface area (TPSA) is 34.9 Å². The Morgan fingerprint density at radius 1 is 1.54 bits per heavy atom. The fraction of sp³-hybridized carbons (Fsp3) is 0.667. The Morgan fingerprint density at radius 3 is 2.54 bits per heavy atom. The molecular weight excluding hydrogens is 205 g/mol. The molecule has 0 fully saturated rings. The Kier molecular flexibility index (Phi) is 2.74. The van der Waals surface area contributed by atoms with Crippen molar-refractivity contribution in [3.63, 3.8) is 0 Å². The van der Waals surface area contributed by atoms with Crippen LogP contribution in [-0.4, -0.2) is 16.0 Å². The molecule has 7 heteroatoms. The van der Waals surface area contributed by atoms with Crippen molar-refractivity contribution in [1.29, 1.82) is 0 Å². The zero-order valence-electron chi connectivity index (χ0n) is 6.76. The summed E-state index contributed by atoms with van der Waals surface area (Å²) in [6.45, 7) is 1.18. The molecule has 3 nitrogen and oxygen atoms in total. The molecule has 0 aliphatic carbocycles. The molecule has 0 amide bonds. The van der Waals surface area contributed by atoms with Gasteiger partial charge in [-0.1, -0.05) is 11.3 Å². The molecule has 0 bridgehead atoms. The van der Waals surface area contributed by atoms with Crippen LogP contribution in [0.5, 0.6) is 0 Å². The number of aromatic nitrogens is 2. The maximum Gasteiger partial charge on any atom is 0.390 e. The highest BCUT2D eigenvalue weighted by molar-refractivity contribution is 7.08. The van der Waals surface area contributed by atoms with E-state index in [0.717, 1.165) is 16.0 Å². The third kappa shape index (κ3) is 3.17. The molecular formula is C6H7F3N2OS. The highest BCUT2D eigenvalue weighted by Gasteiger charge is 2.27. The Bertz CT molecular complexity index is 340. The summed E-state index contributed by atoms with van der Waals surface area (Å²) in [6.07, 6.45) is -5.26. The molecule has 0 aliphatic heterocycles. The maximum absolute atomic E-state index is 11.7. The molecule has 0 aliphatic rings. The molecule has 0 spiro atoms. The van der Waals surface area contributed by atoms with E-state index in [2.05, 4.69) is 5.10 Å². The minimum absolute atomic E-state index is 0.396. The number of rotatable bonds is 2. The van der Waals surface area contributed by atoms with Gasteiger partial charge in [0.1, 0.15) is 5.01 Å². The minimum atomic E-state index is -4.24. The van der Waals surface area contributed by atoms with Gasteiger partial charge in [0.15, 0.2) is 0 Å². The van der Waals surface area contributed by atoms with E-state index in [1.807, 2.05) is 0 Å². The van der Waals surface area contributed by atoms with Crippen molar-refractivity contribution in [3.05, 3.63) is 14.7 Å². The van der Waals surface area contributed by atoms with Crippen molar-refractivity contribution in [3.8, 4) is 0 Å². The van der Waals surface area contributed by atoms with E-state index in [9.17, 15) is 18.0 Å². The summed E-state index contributed by atoms with van der Waals surface area (Å²) >= 11 is 0.849. The lowest BCUT2D eigenvalue weighted by Gasteiger charge is -2.04. The van der Waals surface area contributed by atoms with Crippen LogP contribution in [0.2, 0.25) is 0 Å². The number of nitrogens with zero attached hydrogens (tertiary/aromatic N) is 2. The smallest absolute Gasteiger partial charge is 0.255 e. The molecule has 1 aromatic heterocycles. The number of aryl methyl sites for hydroxylation is 2. The van der Waals surface area contributed by atoms with Gasteiger partial charge in [-0.3, -0.25) is 4.79 Å². The van der Waals surface area contributed by atoms with Crippen LogP contribution in [0.25, 0.3) is 0 Å². The number of halogens is 3. The Hall–Kier alpha value is -0.850. The van der Waals surface area contributed by atoms with Gasteiger partial charge >= 0.3 is 11.0 Å². The summed E-state index contributed by atoms with van der Waals surface area (Å²) in [6, 6.07) is 0. The third-order valence-corrected chi connectivity index (χ3v) is 2.08. The second-order valence-corrected chi connectivity index (χ2v) is 3.62. The van der Waals surface area contributed by atoms with Gasteiger partial charge in [-0.15, -0.1) is 0 Å². The molecule has 0 atom stereocenters. The fourth-order valence-corrected chi connectivity index (χ4v) is 1.41. The summed E-state index contributed by atoms with van der Waals surface area (Å²) in [7, 11) is 0. The van der Waals surface area contributed by atoms with Crippen molar-refractivity contribution in [2.75, 3.05) is 0 Å². The second-order valence-electron chi connectivity index (χ2n) is 2.48. The van der Waals surface area contributed by atoms with Gasteiger partial charge < -0.3 is 0 Å². The average Bonchev–Trinajstić information content (AvgIpc) is 2.24. The number of alkyl halides is 3. The lowest BCUT2D eigenvalue weighted by Crippen LogP contribution is -2.19. The summed E-state index contributed by atoms with van der Waals surface area (Å²) in [5.74, 6) is 0. The van der Waals surface area contributed by atoms with E-state index in [0.29, 0.717) is 5.01 Å². The predicted molar refractivity (Wildman–Crippen MR) is 41.8 cm³/mol. The summed E-state index contributed by atoms with van der Waals surface area (Å²) in [5.41, 5.74) is 0. The molecule has 0 saturated heterocycles. The molecule has 1 rings (SSSR count). The van der Waals surface area contributed by atoms with Crippen molar-refractivity contribution < 1.29 is 13.2 Å². The molecule has 1 aromatic rings. The second kappa shape index (κ2) is 3.49. The van der Waals surface area contributed by atoms with Gasteiger partial charge in [0.2, 0.25) is 0 Å². The van der Waals surface area contributed by atoms with E-state index in [4.69, 9.17) is 0 Å². The molecule has 13 heavy (non-hydrogen) atoms. The van der Waals surface area contributed by atoms with Gasteiger partial charge in [0.05, 0.1) is 13.0 Å².